The third-order valence-corrected chi connectivity index (χ3v) is 19.0. The lowest BCUT2D eigenvalue weighted by Gasteiger charge is -2.15. The standard InChI is InChI=1S/C87H160O5/c1-3-5-7-9-11-13-15-17-19-21-23-25-27-29-31-33-35-37-39-41-43-45-47-49-51-53-55-57-59-61-63-65-67-69-71-73-75-77-79-81-86(89)91-84-85(83-88)92-87(90)82-80-78-76-74-72-70-68-66-64-62-60-58-56-54-52-50-48-46-44-42-40-38-36-34-32-30-28-26-24-22-20-18-16-14-12-10-8-6-4-2/h6,8,12,14-15,17-18,20-21,23-24,26,85,88H,3-5,7,9-11,13,16,19,22,25,27-84H2,1-2H3/b8-6-,14-12-,17-15-,20-18-,23-21-,26-24-. The Labute approximate surface area is 575 Å². The zero-order valence-electron chi connectivity index (χ0n) is 62.1. The maximum absolute atomic E-state index is 12.4. The molecule has 0 bridgehead atoms. The number of carbonyl (C=O) groups is 2. The predicted molar refractivity (Wildman–Crippen MR) is 408 cm³/mol. The van der Waals surface area contributed by atoms with Crippen LogP contribution in [-0.2, 0) is 19.1 Å². The number of hydrogen-bond acceptors (Lipinski definition) is 5. The molecule has 0 aromatic carbocycles. The number of unbranched alkanes of at least 4 members (excludes halogenated alkanes) is 58. The molecule has 0 aliphatic carbocycles. The molecule has 0 spiro atoms. The molecule has 0 heterocycles. The highest BCUT2D eigenvalue weighted by Crippen LogP contribution is 2.20. The van der Waals surface area contributed by atoms with E-state index in [1.165, 1.54) is 360 Å². The lowest BCUT2D eigenvalue weighted by Crippen LogP contribution is -2.28. The van der Waals surface area contributed by atoms with Crippen LogP contribution in [0.15, 0.2) is 72.9 Å². The molecule has 0 amide bonds. The van der Waals surface area contributed by atoms with Gasteiger partial charge in [0.25, 0.3) is 0 Å². The number of ether oxygens (including phenoxy) is 2. The molecule has 92 heavy (non-hydrogen) atoms. The van der Waals surface area contributed by atoms with E-state index in [-0.39, 0.29) is 25.2 Å². The van der Waals surface area contributed by atoms with E-state index in [9.17, 15) is 14.7 Å². The molecule has 5 nitrogen and oxygen atoms in total. The van der Waals surface area contributed by atoms with Gasteiger partial charge in [0.05, 0.1) is 6.61 Å². The fourth-order valence-electron chi connectivity index (χ4n) is 12.8. The van der Waals surface area contributed by atoms with Crippen molar-refractivity contribution < 1.29 is 24.2 Å². The number of allylic oxidation sites excluding steroid dienone is 12. The molecule has 0 saturated carbocycles. The van der Waals surface area contributed by atoms with Gasteiger partial charge in [-0.1, -0.05) is 427 Å². The lowest BCUT2D eigenvalue weighted by molar-refractivity contribution is -0.161. The van der Waals surface area contributed by atoms with Crippen LogP contribution >= 0.6 is 0 Å². The molecule has 0 rings (SSSR count). The van der Waals surface area contributed by atoms with E-state index in [1.807, 2.05) is 0 Å². The molecule has 0 aliphatic rings. The molecule has 5 heteroatoms. The van der Waals surface area contributed by atoms with Gasteiger partial charge in [-0.15, -0.1) is 0 Å². The Morgan fingerprint density at radius 2 is 0.467 bits per heavy atom. The van der Waals surface area contributed by atoms with E-state index in [0.29, 0.717) is 12.8 Å². The van der Waals surface area contributed by atoms with Crippen molar-refractivity contribution in [3.63, 3.8) is 0 Å². The largest absolute Gasteiger partial charge is 0.462 e. The first-order chi connectivity index (χ1) is 45.6. The topological polar surface area (TPSA) is 72.8 Å². The number of aliphatic hydroxyl groups excluding tert-OH is 1. The second-order valence-corrected chi connectivity index (χ2v) is 28.2. The van der Waals surface area contributed by atoms with Crippen molar-refractivity contribution in [2.75, 3.05) is 13.2 Å². The summed E-state index contributed by atoms with van der Waals surface area (Å²) in [7, 11) is 0. The number of aliphatic hydroxyl groups is 1. The normalized spacial score (nSPS) is 12.5. The van der Waals surface area contributed by atoms with E-state index in [2.05, 4.69) is 86.8 Å². The number of hydrogen-bond donors (Lipinski definition) is 1. The summed E-state index contributed by atoms with van der Waals surface area (Å²) in [6, 6.07) is 0. The second-order valence-electron chi connectivity index (χ2n) is 28.2. The Kier molecular flexibility index (Phi) is 80.2. The molecule has 0 aromatic rings. The van der Waals surface area contributed by atoms with Gasteiger partial charge in [-0.2, -0.15) is 0 Å². The van der Waals surface area contributed by atoms with Crippen LogP contribution in [-0.4, -0.2) is 36.4 Å². The summed E-state index contributed by atoms with van der Waals surface area (Å²) in [5, 5.41) is 9.74. The molecule has 1 N–H and O–H groups in total. The molecule has 0 fully saturated rings. The van der Waals surface area contributed by atoms with Crippen molar-refractivity contribution in [2.24, 2.45) is 0 Å². The van der Waals surface area contributed by atoms with Crippen molar-refractivity contribution in [2.45, 2.75) is 457 Å². The van der Waals surface area contributed by atoms with E-state index in [0.717, 1.165) is 64.2 Å². The van der Waals surface area contributed by atoms with E-state index >= 15 is 0 Å². The van der Waals surface area contributed by atoms with Gasteiger partial charge < -0.3 is 14.6 Å². The van der Waals surface area contributed by atoms with Gasteiger partial charge in [0.2, 0.25) is 0 Å². The minimum Gasteiger partial charge on any atom is -0.462 e. The summed E-state index contributed by atoms with van der Waals surface area (Å²) >= 11 is 0. The number of rotatable bonds is 78. The smallest absolute Gasteiger partial charge is 0.306 e. The maximum Gasteiger partial charge on any atom is 0.306 e. The van der Waals surface area contributed by atoms with Crippen LogP contribution < -0.4 is 0 Å². The monoisotopic (exact) mass is 1290 g/mol. The van der Waals surface area contributed by atoms with Crippen LogP contribution in [0, 0.1) is 0 Å². The average molecular weight is 1290 g/mol. The Hall–Kier alpha value is -2.66. The fraction of sp³-hybridized carbons (Fsp3) is 0.839. The van der Waals surface area contributed by atoms with Gasteiger partial charge in [0.1, 0.15) is 6.61 Å². The third-order valence-electron chi connectivity index (χ3n) is 19.0. The van der Waals surface area contributed by atoms with Gasteiger partial charge in [-0.25, -0.2) is 0 Å². The maximum atomic E-state index is 12.4. The number of esters is 2. The van der Waals surface area contributed by atoms with Crippen LogP contribution in [0.4, 0.5) is 0 Å². The van der Waals surface area contributed by atoms with Crippen molar-refractivity contribution in [3.05, 3.63) is 72.9 Å². The lowest BCUT2D eigenvalue weighted by atomic mass is 10.0. The fourth-order valence-corrected chi connectivity index (χ4v) is 12.8. The molecule has 538 valence electrons. The highest BCUT2D eigenvalue weighted by atomic mass is 16.6. The molecular weight excluding hydrogens is 1120 g/mol. The third kappa shape index (κ3) is 79.8. The summed E-state index contributed by atoms with van der Waals surface area (Å²) in [6.07, 6.45) is 116. The van der Waals surface area contributed by atoms with Crippen LogP contribution in [0.5, 0.6) is 0 Å². The van der Waals surface area contributed by atoms with Crippen LogP contribution in [0.1, 0.15) is 450 Å². The van der Waals surface area contributed by atoms with Crippen LogP contribution in [0.2, 0.25) is 0 Å². The van der Waals surface area contributed by atoms with Crippen molar-refractivity contribution in [1.29, 1.82) is 0 Å². The Morgan fingerprint density at radius 1 is 0.261 bits per heavy atom. The minimum absolute atomic E-state index is 0.0595. The number of carbonyl (C=O) groups excluding carboxylic acids is 2. The van der Waals surface area contributed by atoms with Crippen LogP contribution in [0.3, 0.4) is 0 Å². The summed E-state index contributed by atoms with van der Waals surface area (Å²) < 4.78 is 10.8. The average Bonchev–Trinajstić information content (AvgIpc) is 3.75. The summed E-state index contributed by atoms with van der Waals surface area (Å²) in [6.45, 7) is 4.08. The molecule has 0 aromatic heterocycles. The van der Waals surface area contributed by atoms with E-state index in [1.54, 1.807) is 0 Å². The predicted octanol–water partition coefficient (Wildman–Crippen LogP) is 29.3. The highest BCUT2D eigenvalue weighted by molar-refractivity contribution is 5.70. The van der Waals surface area contributed by atoms with Crippen molar-refractivity contribution >= 4 is 11.9 Å². The van der Waals surface area contributed by atoms with Crippen molar-refractivity contribution in [1.82, 2.24) is 0 Å². The molecule has 0 saturated heterocycles. The summed E-state index contributed by atoms with van der Waals surface area (Å²) in [5.74, 6) is -0.563. The summed E-state index contributed by atoms with van der Waals surface area (Å²) in [5.41, 5.74) is 0. The van der Waals surface area contributed by atoms with E-state index < -0.39 is 6.10 Å². The first-order valence-corrected chi connectivity index (χ1v) is 41.5. The second kappa shape index (κ2) is 82.6. The minimum atomic E-state index is -0.771. The van der Waals surface area contributed by atoms with Gasteiger partial charge >= 0.3 is 11.9 Å². The molecule has 1 unspecified atom stereocenters. The summed E-state index contributed by atoms with van der Waals surface area (Å²) in [4.78, 5) is 24.7. The zero-order chi connectivity index (χ0) is 66.1. The van der Waals surface area contributed by atoms with E-state index in [4.69, 9.17) is 9.47 Å². The highest BCUT2D eigenvalue weighted by Gasteiger charge is 2.16. The first kappa shape index (κ1) is 89.3. The molecule has 0 aliphatic heterocycles. The first-order valence-electron chi connectivity index (χ1n) is 41.5. The zero-order valence-corrected chi connectivity index (χ0v) is 62.1. The van der Waals surface area contributed by atoms with Gasteiger partial charge in [0.15, 0.2) is 6.10 Å². The Balaban J connectivity index is 3.36. The molecule has 1 atom stereocenters. The molecule has 0 radical (unpaired) electrons. The molecular formula is C87H160O5. The van der Waals surface area contributed by atoms with Gasteiger partial charge in [0, 0.05) is 12.8 Å². The quantitative estimate of drug-likeness (QED) is 0.0373. The Morgan fingerprint density at radius 3 is 0.707 bits per heavy atom. The van der Waals surface area contributed by atoms with Crippen molar-refractivity contribution in [3.8, 4) is 0 Å². The SMILES string of the molecule is CC/C=C\C/C=C\C/C=C\C/C=C\CCCCCCCCCCCCCCCCCCCCCCCCCCCCC(=O)OC(CO)COC(=O)CCCCCCCCCCCCCCCCCCCCCCCCCCCCC/C=C\C/C=C\CCCCCCC. The van der Waals surface area contributed by atoms with Gasteiger partial charge in [-0.05, 0) is 83.5 Å². The van der Waals surface area contributed by atoms with Crippen LogP contribution in [0.25, 0.3) is 0 Å². The van der Waals surface area contributed by atoms with Gasteiger partial charge in [-0.3, -0.25) is 9.59 Å². The Bertz CT molecular complexity index is 1600.